The van der Waals surface area contributed by atoms with E-state index in [2.05, 4.69) is 81.7 Å². The van der Waals surface area contributed by atoms with Crippen LogP contribution in [0, 0.1) is 0 Å². The zero-order chi connectivity index (χ0) is 20.6. The van der Waals surface area contributed by atoms with Crippen LogP contribution >= 0.6 is 11.3 Å². The second-order valence-electron chi connectivity index (χ2n) is 7.62. The highest BCUT2D eigenvalue weighted by molar-refractivity contribution is 7.13. The van der Waals surface area contributed by atoms with Crippen LogP contribution in [0.5, 0.6) is 0 Å². The lowest BCUT2D eigenvalue weighted by Gasteiger charge is -2.28. The van der Waals surface area contributed by atoms with Gasteiger partial charge >= 0.3 is 0 Å². The summed E-state index contributed by atoms with van der Waals surface area (Å²) < 4.78 is 1.90. The average Bonchev–Trinajstić information content (AvgIpc) is 3.52. The molecular weight excluding hydrogens is 400 g/mol. The van der Waals surface area contributed by atoms with Crippen LogP contribution in [0.2, 0.25) is 0 Å². The van der Waals surface area contributed by atoms with Gasteiger partial charge in [-0.25, -0.2) is 9.67 Å². The Morgan fingerprint density at radius 2 is 1.61 bits per heavy atom. The summed E-state index contributed by atoms with van der Waals surface area (Å²) in [4.78, 5) is 6.93. The molecule has 150 valence electrons. The molecular formula is C26H20N4S. The minimum absolute atomic E-state index is 1.01. The first kappa shape index (κ1) is 18.1. The summed E-state index contributed by atoms with van der Waals surface area (Å²) in [5.41, 5.74) is 8.48. The third-order valence-corrected chi connectivity index (χ3v) is 6.58. The van der Waals surface area contributed by atoms with Gasteiger partial charge in [-0.15, -0.1) is 11.3 Å². The van der Waals surface area contributed by atoms with Crippen molar-refractivity contribution in [2.24, 2.45) is 0 Å². The van der Waals surface area contributed by atoms with Crippen LogP contribution in [0.4, 0.5) is 17.1 Å². The number of rotatable bonds is 3. The zero-order valence-electron chi connectivity index (χ0n) is 16.8. The van der Waals surface area contributed by atoms with E-state index in [9.17, 15) is 0 Å². The summed E-state index contributed by atoms with van der Waals surface area (Å²) in [6, 6.07) is 26.0. The summed E-state index contributed by atoms with van der Waals surface area (Å²) in [6.45, 7) is 0. The van der Waals surface area contributed by atoms with Crippen molar-refractivity contribution in [3.8, 4) is 16.3 Å². The first-order valence-electron chi connectivity index (χ1n) is 10.4. The van der Waals surface area contributed by atoms with Gasteiger partial charge in [0, 0.05) is 40.9 Å². The van der Waals surface area contributed by atoms with Crippen LogP contribution in [0.15, 0.2) is 96.8 Å². The Morgan fingerprint density at radius 1 is 0.742 bits per heavy atom. The summed E-state index contributed by atoms with van der Waals surface area (Å²) in [6.07, 6.45) is 7.69. The van der Waals surface area contributed by atoms with Crippen molar-refractivity contribution in [3.05, 3.63) is 108 Å². The molecule has 2 aromatic heterocycles. The van der Waals surface area contributed by atoms with Crippen molar-refractivity contribution in [2.75, 3.05) is 4.90 Å². The summed E-state index contributed by atoms with van der Waals surface area (Å²) in [5, 5.41) is 7.50. The van der Waals surface area contributed by atoms with Crippen molar-refractivity contribution in [3.63, 3.8) is 0 Å². The van der Waals surface area contributed by atoms with Crippen molar-refractivity contribution < 1.29 is 0 Å². The number of nitrogens with zero attached hydrogens (tertiary/aromatic N) is 4. The Balaban J connectivity index is 1.57. The lowest BCUT2D eigenvalue weighted by atomic mass is 10.0. The smallest absolute Gasteiger partial charge is 0.123 e. The minimum Gasteiger partial charge on any atom is -0.310 e. The van der Waals surface area contributed by atoms with Crippen molar-refractivity contribution in [2.45, 2.75) is 12.8 Å². The van der Waals surface area contributed by atoms with Crippen LogP contribution in [-0.2, 0) is 12.8 Å². The van der Waals surface area contributed by atoms with Gasteiger partial charge in [0.15, 0.2) is 0 Å². The largest absolute Gasteiger partial charge is 0.310 e. The molecule has 0 saturated carbocycles. The lowest BCUT2D eigenvalue weighted by Crippen LogP contribution is -2.12. The highest BCUT2D eigenvalue weighted by atomic mass is 32.1. The Labute approximate surface area is 185 Å². The lowest BCUT2D eigenvalue weighted by molar-refractivity contribution is 0.880. The fourth-order valence-electron chi connectivity index (χ4n) is 4.30. The number of anilines is 3. The molecule has 31 heavy (non-hydrogen) atoms. The Hall–Kier alpha value is -3.70. The van der Waals surface area contributed by atoms with Gasteiger partial charge in [0.2, 0.25) is 0 Å². The molecule has 0 atom stereocenters. The Kier molecular flexibility index (Phi) is 4.39. The van der Waals surface area contributed by atoms with E-state index in [1.165, 1.54) is 22.5 Å². The van der Waals surface area contributed by atoms with Crippen molar-refractivity contribution in [1.29, 1.82) is 0 Å². The number of fused-ring (bicyclic) bond motifs is 2. The quantitative estimate of drug-likeness (QED) is 0.331. The summed E-state index contributed by atoms with van der Waals surface area (Å²) >= 11 is 1.67. The zero-order valence-corrected chi connectivity index (χ0v) is 17.7. The fraction of sp³-hybridized carbons (Fsp3) is 0.0769. The molecule has 0 aliphatic carbocycles. The van der Waals surface area contributed by atoms with Gasteiger partial charge < -0.3 is 4.90 Å². The third-order valence-electron chi connectivity index (χ3n) is 5.76. The summed E-state index contributed by atoms with van der Waals surface area (Å²) in [5.74, 6) is 0. The fourth-order valence-corrected chi connectivity index (χ4v) is 4.93. The SMILES string of the molecule is c1cc(N2c3ccccc3CCc3ccc(-c4nccs4)cc32)cc(-n2cccn2)c1. The van der Waals surface area contributed by atoms with E-state index in [1.807, 2.05) is 34.7 Å². The van der Waals surface area contributed by atoms with E-state index in [1.54, 1.807) is 11.3 Å². The van der Waals surface area contributed by atoms with Gasteiger partial charge in [-0.1, -0.05) is 36.4 Å². The maximum atomic E-state index is 4.54. The molecule has 1 aliphatic heterocycles. The number of benzene rings is 3. The number of thiazole rings is 1. The van der Waals surface area contributed by atoms with Gasteiger partial charge in [-0.2, -0.15) is 5.10 Å². The van der Waals surface area contributed by atoms with Crippen LogP contribution in [0.1, 0.15) is 11.1 Å². The van der Waals surface area contributed by atoms with Crippen molar-refractivity contribution in [1.82, 2.24) is 14.8 Å². The Bertz CT molecular complexity index is 1340. The monoisotopic (exact) mass is 420 g/mol. The van der Waals surface area contributed by atoms with Crippen molar-refractivity contribution >= 4 is 28.4 Å². The second kappa shape index (κ2) is 7.52. The average molecular weight is 421 g/mol. The van der Waals surface area contributed by atoms with E-state index < -0.39 is 0 Å². The van der Waals surface area contributed by atoms with Gasteiger partial charge in [-0.3, -0.25) is 0 Å². The van der Waals surface area contributed by atoms with E-state index in [-0.39, 0.29) is 0 Å². The highest BCUT2D eigenvalue weighted by Crippen LogP contribution is 2.43. The maximum Gasteiger partial charge on any atom is 0.123 e. The predicted molar refractivity (Wildman–Crippen MR) is 127 cm³/mol. The topological polar surface area (TPSA) is 34.0 Å². The number of hydrogen-bond acceptors (Lipinski definition) is 4. The molecule has 0 amide bonds. The molecule has 0 radical (unpaired) electrons. The molecule has 0 N–H and O–H groups in total. The molecule has 0 saturated heterocycles. The molecule has 5 heteroatoms. The van der Waals surface area contributed by atoms with E-state index in [4.69, 9.17) is 0 Å². The van der Waals surface area contributed by atoms with Crippen LogP contribution in [0.3, 0.4) is 0 Å². The second-order valence-corrected chi connectivity index (χ2v) is 8.51. The molecule has 1 aliphatic rings. The number of aromatic nitrogens is 3. The number of hydrogen-bond donors (Lipinski definition) is 0. The molecule has 0 unspecified atom stereocenters. The summed E-state index contributed by atoms with van der Waals surface area (Å²) in [7, 11) is 0. The molecule has 6 rings (SSSR count). The standard InChI is InChI=1S/C26H20N4S/c1-2-8-24-19(5-1)9-10-20-11-12-21(26-27-14-16-31-26)17-25(20)30(24)23-7-3-6-22(18-23)29-15-4-13-28-29/h1-8,11-18H,9-10H2. The Morgan fingerprint density at radius 3 is 2.45 bits per heavy atom. The molecule has 5 aromatic rings. The molecule has 4 nitrogen and oxygen atoms in total. The maximum absolute atomic E-state index is 4.54. The predicted octanol–water partition coefficient (Wildman–Crippen LogP) is 6.56. The van der Waals surface area contributed by atoms with Crippen LogP contribution in [-0.4, -0.2) is 14.8 Å². The van der Waals surface area contributed by atoms with Gasteiger partial charge in [0.25, 0.3) is 0 Å². The molecule has 0 spiro atoms. The van der Waals surface area contributed by atoms with Crippen LogP contribution in [0.25, 0.3) is 16.3 Å². The minimum atomic E-state index is 1.01. The van der Waals surface area contributed by atoms with E-state index in [0.717, 1.165) is 34.8 Å². The first-order valence-corrected chi connectivity index (χ1v) is 11.3. The molecule has 0 bridgehead atoms. The van der Waals surface area contributed by atoms with Gasteiger partial charge in [0.05, 0.1) is 11.4 Å². The molecule has 3 heterocycles. The van der Waals surface area contributed by atoms with E-state index in [0.29, 0.717) is 0 Å². The van der Waals surface area contributed by atoms with Gasteiger partial charge in [0.1, 0.15) is 5.01 Å². The number of aryl methyl sites for hydroxylation is 2. The highest BCUT2D eigenvalue weighted by Gasteiger charge is 2.23. The first-order chi connectivity index (χ1) is 15.4. The van der Waals surface area contributed by atoms with Gasteiger partial charge in [-0.05, 0) is 60.4 Å². The molecule has 3 aromatic carbocycles. The number of para-hydroxylation sites is 1. The normalized spacial score (nSPS) is 12.8. The van der Waals surface area contributed by atoms with E-state index >= 15 is 0 Å². The van der Waals surface area contributed by atoms with Crippen LogP contribution < -0.4 is 4.90 Å². The third kappa shape index (κ3) is 3.23. The molecule has 0 fully saturated rings.